The van der Waals surface area contributed by atoms with Crippen molar-refractivity contribution in [2.24, 2.45) is 0 Å². The standard InChI is InChI=1S/C13H20Br2N2O/c1-17(2)8-3-6-16-7-9-18-13-5-4-11(14)10-12(13)15/h4-5,10,16H,3,6-9H2,1-2H3. The first kappa shape index (κ1) is 16.0. The van der Waals surface area contributed by atoms with Crippen molar-refractivity contribution in [2.45, 2.75) is 6.42 Å². The van der Waals surface area contributed by atoms with Gasteiger partial charge < -0.3 is 15.0 Å². The minimum atomic E-state index is 0.683. The Morgan fingerprint density at radius 2 is 2.00 bits per heavy atom. The Morgan fingerprint density at radius 3 is 2.67 bits per heavy atom. The Hall–Kier alpha value is -0.100. The maximum absolute atomic E-state index is 5.68. The summed E-state index contributed by atoms with van der Waals surface area (Å²) in [4.78, 5) is 2.19. The van der Waals surface area contributed by atoms with Gasteiger partial charge in [0.15, 0.2) is 0 Å². The molecule has 0 radical (unpaired) electrons. The SMILES string of the molecule is CN(C)CCCNCCOc1ccc(Br)cc1Br. The molecule has 0 aliphatic heterocycles. The van der Waals surface area contributed by atoms with Crippen LogP contribution in [0.15, 0.2) is 27.1 Å². The van der Waals surface area contributed by atoms with Gasteiger partial charge in [0.2, 0.25) is 0 Å². The van der Waals surface area contributed by atoms with Crippen molar-refractivity contribution >= 4 is 31.9 Å². The summed E-state index contributed by atoms with van der Waals surface area (Å²) < 4.78 is 7.70. The highest BCUT2D eigenvalue weighted by Crippen LogP contribution is 2.27. The molecule has 1 aromatic carbocycles. The van der Waals surface area contributed by atoms with Crippen molar-refractivity contribution in [3.63, 3.8) is 0 Å². The maximum atomic E-state index is 5.68. The molecule has 0 spiro atoms. The summed E-state index contributed by atoms with van der Waals surface area (Å²) in [7, 11) is 4.18. The maximum Gasteiger partial charge on any atom is 0.133 e. The molecule has 0 unspecified atom stereocenters. The summed E-state index contributed by atoms with van der Waals surface area (Å²) in [5.74, 6) is 0.883. The zero-order valence-corrected chi connectivity index (χ0v) is 14.1. The second-order valence-corrected chi connectivity index (χ2v) is 6.10. The minimum absolute atomic E-state index is 0.683. The van der Waals surface area contributed by atoms with E-state index in [1.807, 2.05) is 18.2 Å². The fraction of sp³-hybridized carbons (Fsp3) is 0.538. The molecule has 1 aromatic rings. The lowest BCUT2D eigenvalue weighted by Gasteiger charge is -2.11. The average Bonchev–Trinajstić information content (AvgIpc) is 2.30. The van der Waals surface area contributed by atoms with Gasteiger partial charge in [-0.05, 0) is 67.7 Å². The van der Waals surface area contributed by atoms with Crippen LogP contribution in [-0.2, 0) is 0 Å². The molecule has 0 amide bonds. The Morgan fingerprint density at radius 1 is 1.22 bits per heavy atom. The zero-order valence-electron chi connectivity index (χ0n) is 10.9. The number of hydrogen-bond acceptors (Lipinski definition) is 3. The van der Waals surface area contributed by atoms with E-state index in [9.17, 15) is 0 Å². The fourth-order valence-electron chi connectivity index (χ4n) is 1.47. The highest BCUT2D eigenvalue weighted by molar-refractivity contribution is 9.11. The highest BCUT2D eigenvalue weighted by atomic mass is 79.9. The molecule has 102 valence electrons. The van der Waals surface area contributed by atoms with Crippen LogP contribution in [0.5, 0.6) is 5.75 Å². The van der Waals surface area contributed by atoms with E-state index in [0.717, 1.165) is 40.8 Å². The molecule has 3 nitrogen and oxygen atoms in total. The molecule has 0 saturated heterocycles. The molecule has 1 N–H and O–H groups in total. The third-order valence-electron chi connectivity index (χ3n) is 2.39. The molecule has 0 aromatic heterocycles. The van der Waals surface area contributed by atoms with Crippen LogP contribution >= 0.6 is 31.9 Å². The summed E-state index contributed by atoms with van der Waals surface area (Å²) >= 11 is 6.89. The van der Waals surface area contributed by atoms with Crippen LogP contribution in [0.1, 0.15) is 6.42 Å². The molecule has 0 fully saturated rings. The van der Waals surface area contributed by atoms with Crippen molar-refractivity contribution in [3.8, 4) is 5.75 Å². The predicted molar refractivity (Wildman–Crippen MR) is 83.4 cm³/mol. The van der Waals surface area contributed by atoms with Gasteiger partial charge in [-0.2, -0.15) is 0 Å². The summed E-state index contributed by atoms with van der Waals surface area (Å²) in [5.41, 5.74) is 0. The number of hydrogen-bond donors (Lipinski definition) is 1. The summed E-state index contributed by atoms with van der Waals surface area (Å²) in [6.45, 7) is 3.70. The molecule has 18 heavy (non-hydrogen) atoms. The summed E-state index contributed by atoms with van der Waals surface area (Å²) in [5, 5.41) is 3.37. The summed E-state index contributed by atoms with van der Waals surface area (Å²) in [6.07, 6.45) is 1.16. The van der Waals surface area contributed by atoms with Crippen molar-refractivity contribution in [1.29, 1.82) is 0 Å². The first-order valence-corrected chi connectivity index (χ1v) is 7.61. The molecular formula is C13H20Br2N2O. The normalized spacial score (nSPS) is 10.9. The van der Waals surface area contributed by atoms with Crippen LogP contribution in [0.2, 0.25) is 0 Å². The van der Waals surface area contributed by atoms with Crippen LogP contribution < -0.4 is 10.1 Å². The van der Waals surface area contributed by atoms with E-state index in [2.05, 4.69) is 56.2 Å². The largest absolute Gasteiger partial charge is 0.491 e. The molecule has 0 atom stereocenters. The van der Waals surface area contributed by atoms with Crippen molar-refractivity contribution in [3.05, 3.63) is 27.1 Å². The van der Waals surface area contributed by atoms with Gasteiger partial charge in [0.05, 0.1) is 4.47 Å². The molecule has 0 bridgehead atoms. The van der Waals surface area contributed by atoms with Crippen molar-refractivity contribution in [1.82, 2.24) is 10.2 Å². The lowest BCUT2D eigenvalue weighted by molar-refractivity contribution is 0.309. The average molecular weight is 380 g/mol. The topological polar surface area (TPSA) is 24.5 Å². The van der Waals surface area contributed by atoms with Gasteiger partial charge in [-0.1, -0.05) is 15.9 Å². The van der Waals surface area contributed by atoms with Gasteiger partial charge in [0.1, 0.15) is 12.4 Å². The van der Waals surface area contributed by atoms with E-state index in [1.54, 1.807) is 0 Å². The molecule has 1 rings (SSSR count). The van der Waals surface area contributed by atoms with Crippen LogP contribution in [0.25, 0.3) is 0 Å². The number of halogens is 2. The second-order valence-electron chi connectivity index (χ2n) is 4.33. The van der Waals surface area contributed by atoms with E-state index in [4.69, 9.17) is 4.74 Å². The third kappa shape index (κ3) is 6.73. The van der Waals surface area contributed by atoms with Crippen LogP contribution in [0, 0.1) is 0 Å². The fourth-order valence-corrected chi connectivity index (χ4v) is 2.63. The zero-order chi connectivity index (χ0) is 13.4. The smallest absolute Gasteiger partial charge is 0.133 e. The van der Waals surface area contributed by atoms with E-state index < -0.39 is 0 Å². The van der Waals surface area contributed by atoms with E-state index in [1.165, 1.54) is 0 Å². The molecule has 0 aliphatic carbocycles. The molecule has 0 saturated carbocycles. The van der Waals surface area contributed by atoms with Gasteiger partial charge in [0.25, 0.3) is 0 Å². The Bertz CT molecular complexity index is 359. The number of rotatable bonds is 8. The quantitative estimate of drug-likeness (QED) is 0.702. The second kappa shape index (κ2) is 8.91. The van der Waals surface area contributed by atoms with Crippen LogP contribution in [-0.4, -0.2) is 45.2 Å². The van der Waals surface area contributed by atoms with Gasteiger partial charge >= 0.3 is 0 Å². The Labute approximate surface area is 126 Å². The third-order valence-corrected chi connectivity index (χ3v) is 3.50. The van der Waals surface area contributed by atoms with Crippen molar-refractivity contribution in [2.75, 3.05) is 40.3 Å². The van der Waals surface area contributed by atoms with Crippen LogP contribution in [0.3, 0.4) is 0 Å². The van der Waals surface area contributed by atoms with Crippen LogP contribution in [0.4, 0.5) is 0 Å². The molecule has 5 heteroatoms. The lowest BCUT2D eigenvalue weighted by atomic mass is 10.3. The van der Waals surface area contributed by atoms with E-state index >= 15 is 0 Å². The monoisotopic (exact) mass is 378 g/mol. The Kier molecular flexibility index (Phi) is 7.90. The molecule has 0 heterocycles. The molecular weight excluding hydrogens is 360 g/mol. The summed E-state index contributed by atoms with van der Waals surface area (Å²) in [6, 6.07) is 5.92. The lowest BCUT2D eigenvalue weighted by Crippen LogP contribution is -2.25. The Balaban J connectivity index is 2.11. The van der Waals surface area contributed by atoms with Crippen molar-refractivity contribution < 1.29 is 4.74 Å². The van der Waals surface area contributed by atoms with Gasteiger partial charge in [-0.3, -0.25) is 0 Å². The predicted octanol–water partition coefficient (Wildman–Crippen LogP) is 3.13. The van der Waals surface area contributed by atoms with Gasteiger partial charge in [0, 0.05) is 11.0 Å². The van der Waals surface area contributed by atoms with Gasteiger partial charge in [-0.15, -0.1) is 0 Å². The van der Waals surface area contributed by atoms with E-state index in [-0.39, 0.29) is 0 Å². The first-order valence-electron chi connectivity index (χ1n) is 6.03. The number of nitrogens with one attached hydrogen (secondary N) is 1. The van der Waals surface area contributed by atoms with E-state index in [0.29, 0.717) is 6.61 Å². The molecule has 0 aliphatic rings. The first-order chi connectivity index (χ1) is 8.59. The number of nitrogens with zero attached hydrogens (tertiary/aromatic N) is 1. The number of benzene rings is 1. The number of ether oxygens (including phenoxy) is 1. The highest BCUT2D eigenvalue weighted by Gasteiger charge is 2.01. The minimum Gasteiger partial charge on any atom is -0.491 e. The van der Waals surface area contributed by atoms with Gasteiger partial charge in [-0.25, -0.2) is 0 Å².